The van der Waals surface area contributed by atoms with E-state index in [2.05, 4.69) is 40.3 Å². The van der Waals surface area contributed by atoms with Gasteiger partial charge in [0.1, 0.15) is 11.6 Å². The normalized spacial score (nSPS) is 16.0. The summed E-state index contributed by atoms with van der Waals surface area (Å²) in [6, 6.07) is 2.37. The van der Waals surface area contributed by atoms with E-state index >= 15 is 0 Å². The lowest BCUT2D eigenvalue weighted by atomic mass is 9.96. The highest BCUT2D eigenvalue weighted by Gasteiger charge is 2.24. The standard InChI is InChI=1S/C16H25N5/c1-4-13-14(10-17)16(20-19-15(13)5-2)21-8-6-12(7-9-21)11-18-3/h12,18H,4-9,11H2,1-3H3. The minimum atomic E-state index is 0.727. The quantitative estimate of drug-likeness (QED) is 0.896. The van der Waals surface area contributed by atoms with Crippen molar-refractivity contribution in [3.05, 3.63) is 16.8 Å². The zero-order valence-corrected chi connectivity index (χ0v) is 13.3. The van der Waals surface area contributed by atoms with Crippen molar-refractivity contribution in [2.45, 2.75) is 39.5 Å². The third-order valence-corrected chi connectivity index (χ3v) is 4.35. The molecule has 1 saturated heterocycles. The van der Waals surface area contributed by atoms with Gasteiger partial charge < -0.3 is 10.2 Å². The second-order valence-electron chi connectivity index (χ2n) is 5.63. The summed E-state index contributed by atoms with van der Waals surface area (Å²) >= 11 is 0. The highest BCUT2D eigenvalue weighted by atomic mass is 15.3. The van der Waals surface area contributed by atoms with Crippen LogP contribution >= 0.6 is 0 Å². The molecule has 2 rings (SSSR count). The summed E-state index contributed by atoms with van der Waals surface area (Å²) in [6.45, 7) is 7.14. The van der Waals surface area contributed by atoms with Gasteiger partial charge in [0.25, 0.3) is 0 Å². The fourth-order valence-electron chi connectivity index (χ4n) is 3.14. The molecule has 0 saturated carbocycles. The van der Waals surface area contributed by atoms with E-state index in [-0.39, 0.29) is 0 Å². The highest BCUT2D eigenvalue weighted by molar-refractivity contribution is 5.58. The fraction of sp³-hybridized carbons (Fsp3) is 0.688. The molecule has 1 aromatic rings. The average Bonchev–Trinajstić information content (AvgIpc) is 2.54. The number of hydrogen-bond acceptors (Lipinski definition) is 5. The predicted octanol–water partition coefficient (Wildman–Crippen LogP) is 1.91. The maximum absolute atomic E-state index is 9.56. The first kappa shape index (κ1) is 15.7. The number of rotatable bonds is 5. The molecule has 1 aromatic heterocycles. The summed E-state index contributed by atoms with van der Waals surface area (Å²) in [5.41, 5.74) is 2.77. The van der Waals surface area contributed by atoms with Crippen molar-refractivity contribution in [2.24, 2.45) is 5.92 Å². The summed E-state index contributed by atoms with van der Waals surface area (Å²) < 4.78 is 0. The van der Waals surface area contributed by atoms with E-state index in [1.807, 2.05) is 7.05 Å². The smallest absolute Gasteiger partial charge is 0.169 e. The van der Waals surface area contributed by atoms with Crippen LogP contribution in [0.4, 0.5) is 5.82 Å². The Balaban J connectivity index is 2.23. The average molecular weight is 287 g/mol. The topological polar surface area (TPSA) is 64.8 Å². The van der Waals surface area contributed by atoms with Crippen molar-refractivity contribution in [2.75, 3.05) is 31.6 Å². The Hall–Kier alpha value is -1.67. The van der Waals surface area contributed by atoms with Gasteiger partial charge in [-0.25, -0.2) is 0 Å². The summed E-state index contributed by atoms with van der Waals surface area (Å²) in [5.74, 6) is 1.51. The Labute approximate surface area is 127 Å². The molecule has 5 nitrogen and oxygen atoms in total. The van der Waals surface area contributed by atoms with Gasteiger partial charge in [-0.3, -0.25) is 0 Å². The van der Waals surface area contributed by atoms with Crippen LogP contribution in [0.25, 0.3) is 0 Å². The molecule has 0 spiro atoms. The van der Waals surface area contributed by atoms with Gasteiger partial charge in [-0.05, 0) is 50.8 Å². The first-order chi connectivity index (χ1) is 10.2. The van der Waals surface area contributed by atoms with E-state index in [0.29, 0.717) is 0 Å². The largest absolute Gasteiger partial charge is 0.354 e. The minimum Gasteiger partial charge on any atom is -0.354 e. The van der Waals surface area contributed by atoms with Crippen molar-refractivity contribution < 1.29 is 0 Å². The van der Waals surface area contributed by atoms with Crippen LogP contribution in [0.5, 0.6) is 0 Å². The summed E-state index contributed by atoms with van der Waals surface area (Å²) in [4.78, 5) is 2.23. The second kappa shape index (κ2) is 7.37. The monoisotopic (exact) mass is 287 g/mol. The maximum atomic E-state index is 9.56. The van der Waals surface area contributed by atoms with Crippen LogP contribution in [0, 0.1) is 17.2 Å². The van der Waals surface area contributed by atoms with Crippen molar-refractivity contribution in [1.82, 2.24) is 15.5 Å². The SMILES string of the molecule is CCc1nnc(N2CCC(CNC)CC2)c(C#N)c1CC. The molecule has 0 amide bonds. The van der Waals surface area contributed by atoms with E-state index in [9.17, 15) is 5.26 Å². The van der Waals surface area contributed by atoms with Gasteiger partial charge in [-0.1, -0.05) is 13.8 Å². The van der Waals surface area contributed by atoms with Gasteiger partial charge in [0.15, 0.2) is 5.82 Å². The molecule has 0 aromatic carbocycles. The number of hydrogen-bond donors (Lipinski definition) is 1. The molecule has 1 aliphatic heterocycles. The van der Waals surface area contributed by atoms with Gasteiger partial charge in [0.05, 0.1) is 5.69 Å². The Morgan fingerprint density at radius 3 is 2.48 bits per heavy atom. The highest BCUT2D eigenvalue weighted by Crippen LogP contribution is 2.27. The molecule has 21 heavy (non-hydrogen) atoms. The number of piperidine rings is 1. The van der Waals surface area contributed by atoms with Gasteiger partial charge in [0.2, 0.25) is 0 Å². The van der Waals surface area contributed by atoms with Gasteiger partial charge in [-0.15, -0.1) is 5.10 Å². The van der Waals surface area contributed by atoms with Crippen molar-refractivity contribution in [3.63, 3.8) is 0 Å². The summed E-state index contributed by atoms with van der Waals surface area (Å²) in [5, 5.41) is 21.5. The number of nitrogens with zero attached hydrogens (tertiary/aromatic N) is 4. The van der Waals surface area contributed by atoms with Gasteiger partial charge in [0, 0.05) is 13.1 Å². The molecular formula is C16H25N5. The molecular weight excluding hydrogens is 262 g/mol. The zero-order valence-electron chi connectivity index (χ0n) is 13.3. The lowest BCUT2D eigenvalue weighted by molar-refractivity contribution is 0.391. The van der Waals surface area contributed by atoms with E-state index in [0.717, 1.165) is 73.9 Å². The molecule has 1 N–H and O–H groups in total. The van der Waals surface area contributed by atoms with Gasteiger partial charge >= 0.3 is 0 Å². The van der Waals surface area contributed by atoms with E-state index < -0.39 is 0 Å². The van der Waals surface area contributed by atoms with E-state index in [1.165, 1.54) is 0 Å². The first-order valence-corrected chi connectivity index (χ1v) is 7.93. The molecule has 0 aliphatic carbocycles. The van der Waals surface area contributed by atoms with Crippen LogP contribution in [-0.2, 0) is 12.8 Å². The Morgan fingerprint density at radius 1 is 1.24 bits per heavy atom. The van der Waals surface area contributed by atoms with E-state index in [1.54, 1.807) is 0 Å². The summed E-state index contributed by atoms with van der Waals surface area (Å²) in [7, 11) is 2.00. The Bertz CT molecular complexity index is 512. The molecule has 2 heterocycles. The molecule has 0 bridgehead atoms. The van der Waals surface area contributed by atoms with Crippen LogP contribution in [0.2, 0.25) is 0 Å². The van der Waals surface area contributed by atoms with Crippen LogP contribution in [0.3, 0.4) is 0 Å². The van der Waals surface area contributed by atoms with E-state index in [4.69, 9.17) is 0 Å². The molecule has 0 radical (unpaired) electrons. The molecule has 0 unspecified atom stereocenters. The molecule has 0 atom stereocenters. The molecule has 1 aliphatic rings. The number of nitrogens with one attached hydrogen (secondary N) is 1. The zero-order chi connectivity index (χ0) is 15.2. The second-order valence-corrected chi connectivity index (χ2v) is 5.63. The summed E-state index contributed by atoms with van der Waals surface area (Å²) in [6.07, 6.45) is 3.95. The van der Waals surface area contributed by atoms with Crippen LogP contribution in [0.15, 0.2) is 0 Å². The first-order valence-electron chi connectivity index (χ1n) is 7.93. The molecule has 1 fully saturated rings. The van der Waals surface area contributed by atoms with Crippen molar-refractivity contribution >= 4 is 5.82 Å². The minimum absolute atomic E-state index is 0.727. The number of aromatic nitrogens is 2. The van der Waals surface area contributed by atoms with Crippen molar-refractivity contribution in [1.29, 1.82) is 5.26 Å². The third-order valence-electron chi connectivity index (χ3n) is 4.35. The lowest BCUT2D eigenvalue weighted by Crippen LogP contribution is -2.38. The van der Waals surface area contributed by atoms with Crippen LogP contribution in [-0.4, -0.2) is 36.9 Å². The predicted molar refractivity (Wildman–Crippen MR) is 84.4 cm³/mol. The third kappa shape index (κ3) is 3.33. The number of aryl methyl sites for hydroxylation is 1. The molecule has 5 heteroatoms. The van der Waals surface area contributed by atoms with Gasteiger partial charge in [-0.2, -0.15) is 10.4 Å². The Kier molecular flexibility index (Phi) is 5.51. The number of nitriles is 1. The number of anilines is 1. The van der Waals surface area contributed by atoms with Crippen LogP contribution < -0.4 is 10.2 Å². The Morgan fingerprint density at radius 2 is 1.95 bits per heavy atom. The van der Waals surface area contributed by atoms with Crippen molar-refractivity contribution in [3.8, 4) is 6.07 Å². The lowest BCUT2D eigenvalue weighted by Gasteiger charge is -2.33. The maximum Gasteiger partial charge on any atom is 0.169 e. The fourth-order valence-corrected chi connectivity index (χ4v) is 3.14. The molecule has 114 valence electrons. The van der Waals surface area contributed by atoms with Crippen LogP contribution in [0.1, 0.15) is 43.5 Å².